The third-order valence-electron chi connectivity index (χ3n) is 6.06. The van der Waals surface area contributed by atoms with Crippen molar-refractivity contribution in [2.75, 3.05) is 17.0 Å². The molecule has 5 rings (SSSR count). The molecule has 6 heteroatoms. The SMILES string of the molecule is Cc1ccc(C2=C(Nc3ccc4c(c3)OCO4)C(=O)N(c3ccc(C(C)(C)C)cc3)C2=O)cc1. The first-order valence-corrected chi connectivity index (χ1v) is 11.2. The van der Waals surface area contributed by atoms with Crippen LogP contribution in [0.3, 0.4) is 0 Å². The van der Waals surface area contributed by atoms with Crippen molar-refractivity contribution in [1.29, 1.82) is 0 Å². The minimum atomic E-state index is -0.401. The van der Waals surface area contributed by atoms with Crippen LogP contribution in [-0.4, -0.2) is 18.6 Å². The Hall–Kier alpha value is -4.06. The summed E-state index contributed by atoms with van der Waals surface area (Å²) in [4.78, 5) is 28.5. The van der Waals surface area contributed by atoms with E-state index in [0.29, 0.717) is 34.0 Å². The number of ether oxygens (including phenoxy) is 2. The molecule has 1 N–H and O–H groups in total. The van der Waals surface area contributed by atoms with Crippen molar-refractivity contribution < 1.29 is 19.1 Å². The molecule has 3 aromatic carbocycles. The van der Waals surface area contributed by atoms with Crippen LogP contribution >= 0.6 is 0 Å². The number of hydrogen-bond acceptors (Lipinski definition) is 5. The standard InChI is InChI=1S/C28H26N2O4/c1-17-5-7-18(8-6-17)24-25(29-20-11-14-22-23(15-20)34-16-33-22)27(32)30(26(24)31)21-12-9-19(10-13-21)28(2,3)4/h5-15,29H,16H2,1-4H3. The van der Waals surface area contributed by atoms with E-state index in [1.165, 1.54) is 4.90 Å². The minimum Gasteiger partial charge on any atom is -0.454 e. The van der Waals surface area contributed by atoms with E-state index in [0.717, 1.165) is 11.1 Å². The second-order valence-electron chi connectivity index (χ2n) is 9.55. The average molecular weight is 455 g/mol. The van der Waals surface area contributed by atoms with Crippen LogP contribution in [0, 0.1) is 6.92 Å². The van der Waals surface area contributed by atoms with Crippen LogP contribution in [0.5, 0.6) is 11.5 Å². The molecule has 2 aliphatic heterocycles. The van der Waals surface area contributed by atoms with Gasteiger partial charge < -0.3 is 14.8 Å². The number of hydrogen-bond donors (Lipinski definition) is 1. The van der Waals surface area contributed by atoms with Gasteiger partial charge in [-0.1, -0.05) is 62.7 Å². The molecule has 0 atom stereocenters. The average Bonchev–Trinajstić information content (AvgIpc) is 3.36. The lowest BCUT2D eigenvalue weighted by atomic mass is 9.87. The van der Waals surface area contributed by atoms with Crippen LogP contribution in [0.1, 0.15) is 37.5 Å². The Labute approximate surface area is 198 Å². The van der Waals surface area contributed by atoms with Gasteiger partial charge in [-0.15, -0.1) is 0 Å². The number of carbonyl (C=O) groups is 2. The van der Waals surface area contributed by atoms with Crippen molar-refractivity contribution >= 4 is 28.8 Å². The monoisotopic (exact) mass is 454 g/mol. The van der Waals surface area contributed by atoms with E-state index in [1.807, 2.05) is 55.5 Å². The Morgan fingerprint density at radius 1 is 0.824 bits per heavy atom. The molecule has 34 heavy (non-hydrogen) atoms. The van der Waals surface area contributed by atoms with E-state index in [-0.39, 0.29) is 23.8 Å². The van der Waals surface area contributed by atoms with Gasteiger partial charge in [0, 0.05) is 11.8 Å². The lowest BCUT2D eigenvalue weighted by Crippen LogP contribution is -2.32. The van der Waals surface area contributed by atoms with E-state index in [4.69, 9.17) is 9.47 Å². The molecule has 2 heterocycles. The maximum atomic E-state index is 13.6. The van der Waals surface area contributed by atoms with Crippen LogP contribution in [0.25, 0.3) is 5.57 Å². The summed E-state index contributed by atoms with van der Waals surface area (Å²) in [5.74, 6) is 0.476. The van der Waals surface area contributed by atoms with Gasteiger partial charge in [-0.25, -0.2) is 4.90 Å². The summed E-state index contributed by atoms with van der Waals surface area (Å²) < 4.78 is 10.8. The molecule has 2 amide bonds. The van der Waals surface area contributed by atoms with Crippen LogP contribution in [0.15, 0.2) is 72.4 Å². The molecule has 0 aliphatic carbocycles. The van der Waals surface area contributed by atoms with Crippen LogP contribution in [0.2, 0.25) is 0 Å². The summed E-state index contributed by atoms with van der Waals surface area (Å²) in [6.45, 7) is 8.51. The molecule has 0 saturated carbocycles. The highest BCUT2D eigenvalue weighted by Gasteiger charge is 2.40. The third-order valence-corrected chi connectivity index (χ3v) is 6.06. The molecular formula is C28H26N2O4. The second-order valence-corrected chi connectivity index (χ2v) is 9.55. The first kappa shape index (κ1) is 21.8. The van der Waals surface area contributed by atoms with E-state index < -0.39 is 5.91 Å². The van der Waals surface area contributed by atoms with Crippen molar-refractivity contribution in [2.24, 2.45) is 0 Å². The Kier molecular flexibility index (Phi) is 5.16. The van der Waals surface area contributed by atoms with E-state index in [9.17, 15) is 9.59 Å². The number of anilines is 2. The minimum absolute atomic E-state index is 0.0328. The number of nitrogens with zero attached hydrogens (tertiary/aromatic N) is 1. The molecule has 0 aromatic heterocycles. The molecule has 3 aromatic rings. The normalized spacial score (nSPS) is 15.4. The number of nitrogens with one attached hydrogen (secondary N) is 1. The van der Waals surface area contributed by atoms with Gasteiger partial charge in [0.1, 0.15) is 5.70 Å². The fourth-order valence-electron chi connectivity index (χ4n) is 4.10. The summed E-state index contributed by atoms with van der Waals surface area (Å²) in [7, 11) is 0. The maximum absolute atomic E-state index is 13.6. The summed E-state index contributed by atoms with van der Waals surface area (Å²) >= 11 is 0. The number of aryl methyl sites for hydroxylation is 1. The van der Waals surface area contributed by atoms with Gasteiger partial charge in [0.2, 0.25) is 6.79 Å². The molecule has 0 saturated heterocycles. The summed E-state index contributed by atoms with van der Waals surface area (Å²) in [5, 5.41) is 3.18. The molecule has 0 spiro atoms. The van der Waals surface area contributed by atoms with Crippen molar-refractivity contribution in [3.8, 4) is 11.5 Å². The van der Waals surface area contributed by atoms with Crippen LogP contribution < -0.4 is 19.7 Å². The Balaban J connectivity index is 1.55. The second kappa shape index (κ2) is 8.06. The smallest absolute Gasteiger partial charge is 0.282 e. The molecule has 172 valence electrons. The first-order valence-electron chi connectivity index (χ1n) is 11.2. The van der Waals surface area contributed by atoms with Gasteiger partial charge >= 0.3 is 0 Å². The van der Waals surface area contributed by atoms with Crippen molar-refractivity contribution in [2.45, 2.75) is 33.1 Å². The zero-order valence-corrected chi connectivity index (χ0v) is 19.6. The van der Waals surface area contributed by atoms with Crippen LogP contribution in [0.4, 0.5) is 11.4 Å². The van der Waals surface area contributed by atoms with E-state index in [1.54, 1.807) is 18.2 Å². The van der Waals surface area contributed by atoms with Gasteiger partial charge in [0.05, 0.1) is 11.3 Å². The summed E-state index contributed by atoms with van der Waals surface area (Å²) in [5.41, 5.74) is 4.58. The largest absolute Gasteiger partial charge is 0.454 e. The van der Waals surface area contributed by atoms with E-state index >= 15 is 0 Å². The van der Waals surface area contributed by atoms with Crippen LogP contribution in [-0.2, 0) is 15.0 Å². The predicted molar refractivity (Wildman–Crippen MR) is 132 cm³/mol. The first-order chi connectivity index (χ1) is 16.2. The quantitative estimate of drug-likeness (QED) is 0.534. The number of carbonyl (C=O) groups excluding carboxylic acids is 2. The molecule has 0 radical (unpaired) electrons. The summed E-state index contributed by atoms with van der Waals surface area (Å²) in [6, 6.07) is 20.5. The number of rotatable bonds is 4. The zero-order chi connectivity index (χ0) is 24.0. The fourth-order valence-corrected chi connectivity index (χ4v) is 4.10. The number of benzene rings is 3. The highest BCUT2D eigenvalue weighted by atomic mass is 16.7. The molecular weight excluding hydrogens is 428 g/mol. The van der Waals surface area contributed by atoms with E-state index in [2.05, 4.69) is 26.1 Å². The van der Waals surface area contributed by atoms with Crippen molar-refractivity contribution in [3.63, 3.8) is 0 Å². The predicted octanol–water partition coefficient (Wildman–Crippen LogP) is 5.42. The van der Waals surface area contributed by atoms with Gasteiger partial charge in [0.25, 0.3) is 11.8 Å². The van der Waals surface area contributed by atoms with Gasteiger partial charge in [-0.3, -0.25) is 9.59 Å². The topological polar surface area (TPSA) is 67.9 Å². The van der Waals surface area contributed by atoms with Gasteiger partial charge in [-0.2, -0.15) is 0 Å². The van der Waals surface area contributed by atoms with Crippen molar-refractivity contribution in [1.82, 2.24) is 0 Å². The van der Waals surface area contributed by atoms with Gasteiger partial charge in [-0.05, 0) is 47.7 Å². The Morgan fingerprint density at radius 2 is 1.50 bits per heavy atom. The highest BCUT2D eigenvalue weighted by molar-refractivity contribution is 6.46. The number of imide groups is 1. The maximum Gasteiger partial charge on any atom is 0.282 e. The lowest BCUT2D eigenvalue weighted by molar-refractivity contribution is -0.120. The Bertz CT molecular complexity index is 1320. The molecule has 2 aliphatic rings. The highest BCUT2D eigenvalue weighted by Crippen LogP contribution is 2.38. The molecule has 0 unspecified atom stereocenters. The van der Waals surface area contributed by atoms with Crippen molar-refractivity contribution in [3.05, 3.63) is 89.1 Å². The Morgan fingerprint density at radius 3 is 2.18 bits per heavy atom. The lowest BCUT2D eigenvalue weighted by Gasteiger charge is -2.21. The molecule has 0 bridgehead atoms. The number of fused-ring (bicyclic) bond motifs is 1. The fraction of sp³-hybridized carbons (Fsp3) is 0.214. The van der Waals surface area contributed by atoms with Gasteiger partial charge in [0.15, 0.2) is 11.5 Å². The number of amides is 2. The summed E-state index contributed by atoms with van der Waals surface area (Å²) in [6.07, 6.45) is 0. The zero-order valence-electron chi connectivity index (χ0n) is 19.6. The third kappa shape index (κ3) is 3.81. The molecule has 6 nitrogen and oxygen atoms in total. The molecule has 0 fully saturated rings.